The summed E-state index contributed by atoms with van der Waals surface area (Å²) < 4.78 is 14.8. The summed E-state index contributed by atoms with van der Waals surface area (Å²) in [6.07, 6.45) is 0. The van der Waals surface area contributed by atoms with Crippen LogP contribution in [0.25, 0.3) is 11.0 Å². The molecule has 3 nitrogen and oxygen atoms in total. The fourth-order valence-corrected chi connectivity index (χ4v) is 2.16. The van der Waals surface area contributed by atoms with Gasteiger partial charge in [-0.3, -0.25) is 4.57 Å². The SMILES string of the molecule is Cc1ccc(Cn2c(=O)[nH]c3ccc(F)cc32)cc1. The lowest BCUT2D eigenvalue weighted by atomic mass is 10.1. The van der Waals surface area contributed by atoms with E-state index in [0.29, 0.717) is 17.6 Å². The molecule has 3 aromatic rings. The van der Waals surface area contributed by atoms with Crippen molar-refractivity contribution in [3.05, 3.63) is 69.9 Å². The second kappa shape index (κ2) is 4.39. The minimum atomic E-state index is -0.343. The number of halogens is 1. The standard InChI is InChI=1S/C15H13FN2O/c1-10-2-4-11(5-3-10)9-18-14-8-12(16)6-7-13(14)17-15(18)19/h2-8H,9H2,1H3,(H,17,19). The largest absolute Gasteiger partial charge is 0.326 e. The van der Waals surface area contributed by atoms with Crippen molar-refractivity contribution in [2.24, 2.45) is 0 Å². The average molecular weight is 256 g/mol. The third-order valence-corrected chi connectivity index (χ3v) is 3.20. The van der Waals surface area contributed by atoms with Crippen molar-refractivity contribution in [3.63, 3.8) is 0 Å². The molecule has 2 aromatic carbocycles. The molecule has 96 valence electrons. The lowest BCUT2D eigenvalue weighted by molar-refractivity contribution is 0.628. The molecule has 0 atom stereocenters. The molecule has 19 heavy (non-hydrogen) atoms. The van der Waals surface area contributed by atoms with Gasteiger partial charge in [0.1, 0.15) is 5.82 Å². The number of fused-ring (bicyclic) bond motifs is 1. The van der Waals surface area contributed by atoms with E-state index < -0.39 is 0 Å². The summed E-state index contributed by atoms with van der Waals surface area (Å²) in [7, 11) is 0. The molecule has 1 heterocycles. The third-order valence-electron chi connectivity index (χ3n) is 3.20. The van der Waals surface area contributed by atoms with Crippen LogP contribution in [-0.4, -0.2) is 9.55 Å². The van der Waals surface area contributed by atoms with Gasteiger partial charge in [-0.05, 0) is 30.7 Å². The maximum Gasteiger partial charge on any atom is 0.326 e. The first-order chi connectivity index (χ1) is 9.13. The average Bonchev–Trinajstić information content (AvgIpc) is 2.69. The Morgan fingerprint density at radius 1 is 1.16 bits per heavy atom. The van der Waals surface area contributed by atoms with E-state index in [1.54, 1.807) is 10.6 Å². The van der Waals surface area contributed by atoms with Crippen molar-refractivity contribution in [1.82, 2.24) is 9.55 Å². The highest BCUT2D eigenvalue weighted by Crippen LogP contribution is 2.14. The minimum Gasteiger partial charge on any atom is -0.306 e. The molecule has 1 N–H and O–H groups in total. The topological polar surface area (TPSA) is 37.8 Å². The number of aromatic amines is 1. The Bertz CT molecular complexity index is 784. The van der Waals surface area contributed by atoms with E-state index in [1.165, 1.54) is 17.7 Å². The maximum atomic E-state index is 13.3. The predicted molar refractivity (Wildman–Crippen MR) is 72.8 cm³/mol. The Kier molecular flexibility index (Phi) is 2.71. The van der Waals surface area contributed by atoms with Crippen LogP contribution in [0.4, 0.5) is 4.39 Å². The maximum absolute atomic E-state index is 13.3. The molecular weight excluding hydrogens is 243 g/mol. The van der Waals surface area contributed by atoms with Gasteiger partial charge in [-0.2, -0.15) is 0 Å². The first-order valence-corrected chi connectivity index (χ1v) is 6.07. The molecule has 0 amide bonds. The third kappa shape index (κ3) is 2.17. The second-order valence-electron chi connectivity index (χ2n) is 4.66. The smallest absolute Gasteiger partial charge is 0.306 e. The van der Waals surface area contributed by atoms with Crippen molar-refractivity contribution in [3.8, 4) is 0 Å². The zero-order valence-electron chi connectivity index (χ0n) is 10.5. The van der Waals surface area contributed by atoms with Crippen LogP contribution in [0.3, 0.4) is 0 Å². The summed E-state index contributed by atoms with van der Waals surface area (Å²) >= 11 is 0. The molecule has 0 spiro atoms. The fraction of sp³-hybridized carbons (Fsp3) is 0.133. The molecule has 0 fully saturated rings. The highest BCUT2D eigenvalue weighted by atomic mass is 19.1. The normalized spacial score (nSPS) is 11.1. The van der Waals surface area contributed by atoms with Gasteiger partial charge in [-0.25, -0.2) is 9.18 Å². The van der Waals surface area contributed by atoms with Crippen LogP contribution < -0.4 is 5.69 Å². The molecular formula is C15H13FN2O. The summed E-state index contributed by atoms with van der Waals surface area (Å²) in [5.74, 6) is -0.343. The van der Waals surface area contributed by atoms with E-state index in [2.05, 4.69) is 4.98 Å². The van der Waals surface area contributed by atoms with E-state index in [0.717, 1.165) is 5.56 Å². The Hall–Kier alpha value is -2.36. The van der Waals surface area contributed by atoms with Crippen molar-refractivity contribution < 1.29 is 4.39 Å². The van der Waals surface area contributed by atoms with Crippen molar-refractivity contribution in [2.75, 3.05) is 0 Å². The highest BCUT2D eigenvalue weighted by Gasteiger charge is 2.08. The van der Waals surface area contributed by atoms with Crippen molar-refractivity contribution in [1.29, 1.82) is 0 Å². The van der Waals surface area contributed by atoms with E-state index in [1.807, 2.05) is 31.2 Å². The number of hydrogen-bond donors (Lipinski definition) is 1. The van der Waals surface area contributed by atoms with Gasteiger partial charge in [-0.1, -0.05) is 29.8 Å². The number of nitrogens with zero attached hydrogens (tertiary/aromatic N) is 1. The number of nitrogens with one attached hydrogen (secondary N) is 1. The van der Waals surface area contributed by atoms with Gasteiger partial charge in [0.15, 0.2) is 0 Å². The molecule has 0 aliphatic carbocycles. The molecule has 0 radical (unpaired) electrons. The van der Waals surface area contributed by atoms with E-state index in [4.69, 9.17) is 0 Å². The summed E-state index contributed by atoms with van der Waals surface area (Å²) in [6, 6.07) is 12.2. The number of imidazole rings is 1. The van der Waals surface area contributed by atoms with Gasteiger partial charge in [0.2, 0.25) is 0 Å². The lowest BCUT2D eigenvalue weighted by Gasteiger charge is -2.04. The van der Waals surface area contributed by atoms with Crippen LogP contribution in [0.1, 0.15) is 11.1 Å². The fourth-order valence-electron chi connectivity index (χ4n) is 2.16. The molecule has 4 heteroatoms. The lowest BCUT2D eigenvalue weighted by Crippen LogP contribution is -2.17. The number of aromatic nitrogens is 2. The van der Waals surface area contributed by atoms with Crippen LogP contribution in [-0.2, 0) is 6.54 Å². The molecule has 3 rings (SSSR count). The quantitative estimate of drug-likeness (QED) is 0.752. The van der Waals surface area contributed by atoms with Gasteiger partial charge in [0.25, 0.3) is 0 Å². The monoisotopic (exact) mass is 256 g/mol. The molecule has 1 aromatic heterocycles. The van der Waals surface area contributed by atoms with E-state index >= 15 is 0 Å². The minimum absolute atomic E-state index is 0.221. The second-order valence-corrected chi connectivity index (χ2v) is 4.66. The molecule has 0 aliphatic heterocycles. The molecule has 0 bridgehead atoms. The number of aryl methyl sites for hydroxylation is 1. The number of benzene rings is 2. The van der Waals surface area contributed by atoms with E-state index in [-0.39, 0.29) is 11.5 Å². The van der Waals surface area contributed by atoms with Crippen LogP contribution >= 0.6 is 0 Å². The van der Waals surface area contributed by atoms with Gasteiger partial charge in [-0.15, -0.1) is 0 Å². The Morgan fingerprint density at radius 3 is 2.63 bits per heavy atom. The zero-order chi connectivity index (χ0) is 13.4. The van der Waals surface area contributed by atoms with Crippen LogP contribution in [0.15, 0.2) is 47.3 Å². The Labute approximate surface area is 109 Å². The number of hydrogen-bond acceptors (Lipinski definition) is 1. The van der Waals surface area contributed by atoms with Gasteiger partial charge < -0.3 is 4.98 Å². The van der Waals surface area contributed by atoms with Crippen LogP contribution in [0.5, 0.6) is 0 Å². The summed E-state index contributed by atoms with van der Waals surface area (Å²) in [5, 5.41) is 0. The Balaban J connectivity index is 2.09. The molecule has 0 unspecified atom stereocenters. The number of rotatable bonds is 2. The van der Waals surface area contributed by atoms with Crippen LogP contribution in [0.2, 0.25) is 0 Å². The predicted octanol–water partition coefficient (Wildman–Crippen LogP) is 2.83. The van der Waals surface area contributed by atoms with E-state index in [9.17, 15) is 9.18 Å². The van der Waals surface area contributed by atoms with Crippen molar-refractivity contribution >= 4 is 11.0 Å². The highest BCUT2D eigenvalue weighted by molar-refractivity contribution is 5.75. The number of H-pyrrole nitrogens is 1. The molecule has 0 aliphatic rings. The van der Waals surface area contributed by atoms with Crippen LogP contribution in [0, 0.1) is 12.7 Å². The first-order valence-electron chi connectivity index (χ1n) is 6.07. The van der Waals surface area contributed by atoms with Gasteiger partial charge in [0.05, 0.1) is 17.6 Å². The van der Waals surface area contributed by atoms with Crippen molar-refractivity contribution in [2.45, 2.75) is 13.5 Å². The Morgan fingerprint density at radius 2 is 1.89 bits per heavy atom. The zero-order valence-corrected chi connectivity index (χ0v) is 10.5. The first kappa shape index (κ1) is 11.7. The molecule has 0 saturated carbocycles. The van der Waals surface area contributed by atoms with Gasteiger partial charge >= 0.3 is 5.69 Å². The summed E-state index contributed by atoms with van der Waals surface area (Å²) in [4.78, 5) is 14.6. The summed E-state index contributed by atoms with van der Waals surface area (Å²) in [6.45, 7) is 2.44. The summed E-state index contributed by atoms with van der Waals surface area (Å²) in [5.41, 5.74) is 3.20. The molecule has 0 saturated heterocycles. The van der Waals surface area contributed by atoms with Gasteiger partial charge in [0, 0.05) is 0 Å².